The van der Waals surface area contributed by atoms with Crippen LogP contribution in [-0.4, -0.2) is 17.0 Å². The fourth-order valence-corrected chi connectivity index (χ4v) is 2.20. The standard InChI is InChI=1S/C11H13ClN4S/c1-16(5-9-6-17-7-15-9)11-2-8(3-13)10(12)4-14-11/h2,4,6-7H,3,5,13H2,1H3. The molecule has 0 spiro atoms. The summed E-state index contributed by atoms with van der Waals surface area (Å²) in [6, 6.07) is 1.91. The Kier molecular flexibility index (Phi) is 3.93. The number of aromatic nitrogens is 2. The van der Waals surface area contributed by atoms with E-state index in [1.807, 2.05) is 28.9 Å². The maximum Gasteiger partial charge on any atom is 0.128 e. The molecule has 90 valence electrons. The highest BCUT2D eigenvalue weighted by Crippen LogP contribution is 2.20. The van der Waals surface area contributed by atoms with Gasteiger partial charge in [-0.1, -0.05) is 11.6 Å². The van der Waals surface area contributed by atoms with Crippen LogP contribution in [0.25, 0.3) is 0 Å². The van der Waals surface area contributed by atoms with Gasteiger partial charge in [-0.25, -0.2) is 9.97 Å². The van der Waals surface area contributed by atoms with Crippen molar-refractivity contribution < 1.29 is 0 Å². The van der Waals surface area contributed by atoms with Gasteiger partial charge in [0.1, 0.15) is 5.82 Å². The fraction of sp³-hybridized carbons (Fsp3) is 0.273. The van der Waals surface area contributed by atoms with Gasteiger partial charge in [-0.15, -0.1) is 11.3 Å². The van der Waals surface area contributed by atoms with Gasteiger partial charge in [-0.3, -0.25) is 0 Å². The summed E-state index contributed by atoms with van der Waals surface area (Å²) in [5.74, 6) is 0.850. The smallest absolute Gasteiger partial charge is 0.128 e. The van der Waals surface area contributed by atoms with Gasteiger partial charge >= 0.3 is 0 Å². The molecule has 4 nitrogen and oxygen atoms in total. The largest absolute Gasteiger partial charge is 0.354 e. The average molecular weight is 269 g/mol. The zero-order valence-electron chi connectivity index (χ0n) is 9.43. The lowest BCUT2D eigenvalue weighted by Gasteiger charge is -2.17. The van der Waals surface area contributed by atoms with Crippen molar-refractivity contribution in [1.82, 2.24) is 9.97 Å². The zero-order chi connectivity index (χ0) is 12.3. The van der Waals surface area contributed by atoms with Crippen LogP contribution in [0.15, 0.2) is 23.2 Å². The molecular formula is C11H13ClN4S. The third kappa shape index (κ3) is 2.94. The molecule has 0 fully saturated rings. The molecule has 2 rings (SSSR count). The highest BCUT2D eigenvalue weighted by Gasteiger charge is 2.07. The highest BCUT2D eigenvalue weighted by atomic mass is 35.5. The van der Waals surface area contributed by atoms with E-state index < -0.39 is 0 Å². The van der Waals surface area contributed by atoms with Crippen LogP contribution in [0.3, 0.4) is 0 Å². The summed E-state index contributed by atoms with van der Waals surface area (Å²) in [7, 11) is 1.97. The van der Waals surface area contributed by atoms with Crippen LogP contribution in [0.4, 0.5) is 5.82 Å². The number of nitrogens with two attached hydrogens (primary N) is 1. The highest BCUT2D eigenvalue weighted by molar-refractivity contribution is 7.07. The topological polar surface area (TPSA) is 55.0 Å². The molecule has 0 saturated heterocycles. The zero-order valence-corrected chi connectivity index (χ0v) is 11.0. The maximum absolute atomic E-state index is 5.97. The van der Waals surface area contributed by atoms with Crippen LogP contribution < -0.4 is 10.6 Å². The van der Waals surface area contributed by atoms with Crippen molar-refractivity contribution >= 4 is 28.8 Å². The van der Waals surface area contributed by atoms with Crippen molar-refractivity contribution in [2.45, 2.75) is 13.1 Å². The molecule has 0 aliphatic rings. The Labute approximate surface area is 109 Å². The van der Waals surface area contributed by atoms with E-state index >= 15 is 0 Å². The molecule has 2 aromatic rings. The predicted molar refractivity (Wildman–Crippen MR) is 71.4 cm³/mol. The van der Waals surface area contributed by atoms with Crippen LogP contribution in [0.2, 0.25) is 5.02 Å². The van der Waals surface area contributed by atoms with Crippen molar-refractivity contribution in [2.24, 2.45) is 5.73 Å². The van der Waals surface area contributed by atoms with Crippen molar-refractivity contribution in [3.05, 3.63) is 39.4 Å². The van der Waals surface area contributed by atoms with E-state index in [4.69, 9.17) is 17.3 Å². The van der Waals surface area contributed by atoms with Crippen molar-refractivity contribution in [3.63, 3.8) is 0 Å². The minimum Gasteiger partial charge on any atom is -0.354 e. The maximum atomic E-state index is 5.97. The summed E-state index contributed by atoms with van der Waals surface area (Å²) in [6.07, 6.45) is 1.64. The Morgan fingerprint density at radius 2 is 2.29 bits per heavy atom. The van der Waals surface area contributed by atoms with Gasteiger partial charge in [0.2, 0.25) is 0 Å². The Morgan fingerprint density at radius 1 is 1.47 bits per heavy atom. The molecule has 0 amide bonds. The first-order chi connectivity index (χ1) is 8.20. The molecule has 0 bridgehead atoms. The molecule has 0 aliphatic carbocycles. The minimum absolute atomic E-state index is 0.416. The number of hydrogen-bond acceptors (Lipinski definition) is 5. The molecule has 2 N–H and O–H groups in total. The lowest BCUT2D eigenvalue weighted by molar-refractivity contribution is 0.870. The molecule has 6 heteroatoms. The Bertz CT molecular complexity index is 486. The second kappa shape index (κ2) is 5.44. The Morgan fingerprint density at radius 3 is 2.94 bits per heavy atom. The van der Waals surface area contributed by atoms with Crippen LogP contribution in [0, 0.1) is 0 Å². The van der Waals surface area contributed by atoms with Crippen LogP contribution in [0.5, 0.6) is 0 Å². The van der Waals surface area contributed by atoms with Crippen molar-refractivity contribution in [2.75, 3.05) is 11.9 Å². The minimum atomic E-state index is 0.416. The summed E-state index contributed by atoms with van der Waals surface area (Å²) >= 11 is 7.56. The van der Waals surface area contributed by atoms with E-state index in [0.29, 0.717) is 11.6 Å². The summed E-state index contributed by atoms with van der Waals surface area (Å²) in [5.41, 5.74) is 9.37. The summed E-state index contributed by atoms with van der Waals surface area (Å²) in [5, 5.41) is 2.63. The average Bonchev–Trinajstić information content (AvgIpc) is 2.82. The second-order valence-electron chi connectivity index (χ2n) is 3.67. The summed E-state index contributed by atoms with van der Waals surface area (Å²) in [6.45, 7) is 1.14. The van der Waals surface area contributed by atoms with E-state index in [0.717, 1.165) is 23.6 Å². The lowest BCUT2D eigenvalue weighted by atomic mass is 10.2. The van der Waals surface area contributed by atoms with Crippen molar-refractivity contribution in [3.8, 4) is 0 Å². The number of halogens is 1. The second-order valence-corrected chi connectivity index (χ2v) is 4.80. The third-order valence-corrected chi connectivity index (χ3v) is 3.39. The number of nitrogens with zero attached hydrogens (tertiary/aromatic N) is 3. The molecule has 0 saturated carbocycles. The Balaban J connectivity index is 2.16. The number of pyridine rings is 1. The van der Waals surface area contributed by atoms with Crippen LogP contribution >= 0.6 is 22.9 Å². The van der Waals surface area contributed by atoms with E-state index in [9.17, 15) is 0 Å². The molecule has 0 radical (unpaired) electrons. The molecule has 0 atom stereocenters. The van der Waals surface area contributed by atoms with Gasteiger partial charge in [-0.2, -0.15) is 0 Å². The monoisotopic (exact) mass is 268 g/mol. The van der Waals surface area contributed by atoms with Gasteiger partial charge in [0.25, 0.3) is 0 Å². The summed E-state index contributed by atoms with van der Waals surface area (Å²) in [4.78, 5) is 10.5. The lowest BCUT2D eigenvalue weighted by Crippen LogP contribution is -2.18. The summed E-state index contributed by atoms with van der Waals surface area (Å²) < 4.78 is 0. The quantitative estimate of drug-likeness (QED) is 0.924. The number of hydrogen-bond donors (Lipinski definition) is 1. The first-order valence-corrected chi connectivity index (χ1v) is 6.45. The molecule has 0 aliphatic heterocycles. The fourth-order valence-electron chi connectivity index (χ4n) is 1.47. The predicted octanol–water partition coefficient (Wildman–Crippen LogP) is 2.29. The SMILES string of the molecule is CN(Cc1cscn1)c1cc(CN)c(Cl)cn1. The molecular weight excluding hydrogens is 256 g/mol. The van der Waals surface area contributed by atoms with E-state index in [-0.39, 0.29) is 0 Å². The van der Waals surface area contributed by atoms with Gasteiger partial charge in [0.15, 0.2) is 0 Å². The van der Waals surface area contributed by atoms with E-state index in [1.54, 1.807) is 17.5 Å². The third-order valence-electron chi connectivity index (χ3n) is 2.41. The normalized spacial score (nSPS) is 10.5. The molecule has 0 aromatic carbocycles. The first-order valence-electron chi connectivity index (χ1n) is 5.13. The van der Waals surface area contributed by atoms with Crippen molar-refractivity contribution in [1.29, 1.82) is 0 Å². The van der Waals surface area contributed by atoms with Crippen LogP contribution in [-0.2, 0) is 13.1 Å². The van der Waals surface area contributed by atoms with Gasteiger partial charge in [0.05, 0.1) is 22.8 Å². The molecule has 17 heavy (non-hydrogen) atoms. The Hall–Kier alpha value is -1.17. The van der Waals surface area contributed by atoms with Gasteiger partial charge in [-0.05, 0) is 11.6 Å². The molecule has 2 aromatic heterocycles. The van der Waals surface area contributed by atoms with Crippen LogP contribution in [0.1, 0.15) is 11.3 Å². The van der Waals surface area contributed by atoms with E-state index in [2.05, 4.69) is 9.97 Å². The molecule has 0 unspecified atom stereocenters. The molecule has 2 heterocycles. The number of thiazole rings is 1. The van der Waals surface area contributed by atoms with Gasteiger partial charge < -0.3 is 10.6 Å². The number of rotatable bonds is 4. The first kappa shape index (κ1) is 12.3. The van der Waals surface area contributed by atoms with E-state index in [1.165, 1.54) is 0 Å². The van der Waals surface area contributed by atoms with Gasteiger partial charge in [0, 0.05) is 25.2 Å². The number of anilines is 1.